The van der Waals surface area contributed by atoms with Crippen LogP contribution in [0.25, 0.3) is 0 Å². The van der Waals surface area contributed by atoms with Gasteiger partial charge >= 0.3 is 0 Å². The summed E-state index contributed by atoms with van der Waals surface area (Å²) in [6.07, 6.45) is -1.32. The Balaban J connectivity index is 1.57. The molecule has 0 heterocycles. The van der Waals surface area contributed by atoms with E-state index in [0.717, 1.165) is 28.8 Å². The van der Waals surface area contributed by atoms with E-state index < -0.39 is 50.2 Å². The third kappa shape index (κ3) is 8.13. The number of hydrogen-bond acceptors (Lipinski definition) is 7. The maximum absolute atomic E-state index is 14.9. The number of rotatable bonds is 13. The molecule has 0 amide bonds. The number of aryl methyl sites for hydroxylation is 2. The number of sulfonamides is 1. The maximum atomic E-state index is 14.9. The summed E-state index contributed by atoms with van der Waals surface area (Å²) in [6, 6.07) is 22.7. The summed E-state index contributed by atoms with van der Waals surface area (Å²) < 4.78 is 99.8. The third-order valence-electron chi connectivity index (χ3n) is 6.03. The monoisotopic (exact) mass is 617 g/mol. The summed E-state index contributed by atoms with van der Waals surface area (Å²) in [7, 11) is -8.52. The summed E-state index contributed by atoms with van der Waals surface area (Å²) in [5.41, 5.74) is 2.08. The van der Waals surface area contributed by atoms with Crippen molar-refractivity contribution < 1.29 is 39.3 Å². The van der Waals surface area contributed by atoms with E-state index in [1.54, 1.807) is 38.1 Å². The molecule has 1 N–H and O–H groups in total. The molecule has 4 aromatic carbocycles. The Bertz CT molecular complexity index is 1710. The van der Waals surface area contributed by atoms with E-state index in [2.05, 4.69) is 4.72 Å². The van der Waals surface area contributed by atoms with Crippen LogP contribution in [0.3, 0.4) is 0 Å². The highest BCUT2D eigenvalue weighted by molar-refractivity contribution is 7.92. The Hall–Kier alpha value is -3.84. The summed E-state index contributed by atoms with van der Waals surface area (Å²) in [5.74, 6) is -3.53. The molecule has 0 aliphatic carbocycles. The minimum Gasteiger partial charge on any atom is -0.485 e. The van der Waals surface area contributed by atoms with Gasteiger partial charge < -0.3 is 9.47 Å². The van der Waals surface area contributed by atoms with Gasteiger partial charge in [0.25, 0.3) is 20.1 Å². The Morgan fingerprint density at radius 2 is 1.33 bits per heavy atom. The van der Waals surface area contributed by atoms with E-state index in [1.807, 2.05) is 30.3 Å². The van der Waals surface area contributed by atoms with Crippen molar-refractivity contribution in [2.45, 2.75) is 36.3 Å². The van der Waals surface area contributed by atoms with Crippen molar-refractivity contribution in [2.75, 3.05) is 17.9 Å². The molecule has 0 spiro atoms. The van der Waals surface area contributed by atoms with Gasteiger partial charge in [-0.25, -0.2) is 12.8 Å². The maximum Gasteiger partial charge on any atom is 0.297 e. The zero-order chi connectivity index (χ0) is 30.3. The van der Waals surface area contributed by atoms with Crippen LogP contribution in [-0.2, 0) is 35.7 Å². The predicted octanol–water partition coefficient (Wildman–Crippen LogP) is 5.75. The van der Waals surface area contributed by atoms with Gasteiger partial charge in [0.15, 0.2) is 11.6 Å². The first-order chi connectivity index (χ1) is 19.9. The molecule has 1 atom stereocenters. The van der Waals surface area contributed by atoms with Gasteiger partial charge in [0, 0.05) is 0 Å². The van der Waals surface area contributed by atoms with E-state index in [-0.39, 0.29) is 28.7 Å². The van der Waals surface area contributed by atoms with Crippen LogP contribution in [0.15, 0.2) is 101 Å². The van der Waals surface area contributed by atoms with Crippen molar-refractivity contribution in [1.82, 2.24) is 0 Å². The minimum atomic E-state index is -4.31. The van der Waals surface area contributed by atoms with E-state index in [1.165, 1.54) is 24.3 Å². The second kappa shape index (κ2) is 13.4. The molecule has 8 nitrogen and oxygen atoms in total. The lowest BCUT2D eigenvalue weighted by atomic mass is 10.2. The van der Waals surface area contributed by atoms with Gasteiger partial charge in [-0.1, -0.05) is 65.7 Å². The number of anilines is 1. The second-order valence-corrected chi connectivity index (χ2v) is 12.7. The van der Waals surface area contributed by atoms with Crippen molar-refractivity contribution >= 4 is 25.8 Å². The Morgan fingerprint density at radius 3 is 1.95 bits per heavy atom. The topological polar surface area (TPSA) is 108 Å². The molecule has 0 saturated carbocycles. The lowest BCUT2D eigenvalue weighted by molar-refractivity contribution is 0.0210. The largest absolute Gasteiger partial charge is 0.485 e. The standard InChI is InChI=1S/C30H29F2NO7S2/c1-21-8-12-25(13-9-21)41(34,35)33-28-17-16-27(31)29(32)30(28)39-20-24(19-38-18-23-6-4-3-5-7-23)40-42(36,37)26-14-10-22(2)11-15-26/h3-17,24,33H,18-20H2,1-2H3/t24-/m1/s1. The molecular weight excluding hydrogens is 588 g/mol. The molecule has 0 radical (unpaired) electrons. The van der Waals surface area contributed by atoms with E-state index in [4.69, 9.17) is 13.7 Å². The molecule has 0 fully saturated rings. The number of nitrogens with one attached hydrogen (secondary N) is 1. The Labute approximate surface area is 244 Å². The summed E-state index contributed by atoms with van der Waals surface area (Å²) in [5, 5.41) is 0. The predicted molar refractivity (Wildman–Crippen MR) is 153 cm³/mol. The first kappa shape index (κ1) is 31.1. The van der Waals surface area contributed by atoms with Crippen molar-refractivity contribution in [3.05, 3.63) is 119 Å². The summed E-state index contributed by atoms with van der Waals surface area (Å²) in [4.78, 5) is -0.229. The van der Waals surface area contributed by atoms with E-state index >= 15 is 0 Å². The van der Waals surface area contributed by atoms with Gasteiger partial charge in [-0.2, -0.15) is 12.8 Å². The third-order valence-corrected chi connectivity index (χ3v) is 8.78. The molecule has 12 heteroatoms. The molecule has 0 bridgehead atoms. The van der Waals surface area contributed by atoms with Gasteiger partial charge in [0.1, 0.15) is 12.7 Å². The van der Waals surface area contributed by atoms with Crippen molar-refractivity contribution in [1.29, 1.82) is 0 Å². The molecule has 4 aromatic rings. The second-order valence-electron chi connectivity index (χ2n) is 9.45. The van der Waals surface area contributed by atoms with Crippen LogP contribution in [-0.4, -0.2) is 36.2 Å². The Morgan fingerprint density at radius 1 is 0.738 bits per heavy atom. The van der Waals surface area contributed by atoms with Crippen LogP contribution in [0.2, 0.25) is 0 Å². The van der Waals surface area contributed by atoms with E-state index in [9.17, 15) is 25.6 Å². The molecule has 222 valence electrons. The fourth-order valence-corrected chi connectivity index (χ4v) is 5.89. The summed E-state index contributed by atoms with van der Waals surface area (Å²) in [6.45, 7) is 2.76. The van der Waals surface area contributed by atoms with Crippen LogP contribution in [0, 0.1) is 25.5 Å². The fourth-order valence-electron chi connectivity index (χ4n) is 3.78. The fraction of sp³-hybridized carbons (Fsp3) is 0.200. The molecule has 0 saturated heterocycles. The van der Waals surface area contributed by atoms with Crippen LogP contribution in [0.5, 0.6) is 5.75 Å². The highest BCUT2D eigenvalue weighted by atomic mass is 32.2. The molecule has 0 aromatic heterocycles. The van der Waals surface area contributed by atoms with Gasteiger partial charge in [-0.3, -0.25) is 8.91 Å². The van der Waals surface area contributed by atoms with Crippen LogP contribution >= 0.6 is 0 Å². The highest BCUT2D eigenvalue weighted by Gasteiger charge is 2.26. The molecule has 0 aliphatic rings. The van der Waals surface area contributed by atoms with Crippen LogP contribution < -0.4 is 9.46 Å². The molecule has 42 heavy (non-hydrogen) atoms. The van der Waals surface area contributed by atoms with E-state index in [0.29, 0.717) is 0 Å². The lowest BCUT2D eigenvalue weighted by Crippen LogP contribution is -2.30. The molecule has 4 rings (SSSR count). The van der Waals surface area contributed by atoms with Crippen molar-refractivity contribution in [3.63, 3.8) is 0 Å². The Kier molecular flexibility index (Phi) is 9.94. The zero-order valence-electron chi connectivity index (χ0n) is 22.8. The van der Waals surface area contributed by atoms with Crippen LogP contribution in [0.1, 0.15) is 16.7 Å². The average molecular weight is 618 g/mol. The van der Waals surface area contributed by atoms with Gasteiger partial charge in [0.05, 0.1) is 28.7 Å². The van der Waals surface area contributed by atoms with Crippen molar-refractivity contribution in [3.8, 4) is 5.75 Å². The van der Waals surface area contributed by atoms with Crippen molar-refractivity contribution in [2.24, 2.45) is 0 Å². The van der Waals surface area contributed by atoms with Crippen LogP contribution in [0.4, 0.5) is 14.5 Å². The van der Waals surface area contributed by atoms with Gasteiger partial charge in [-0.05, 0) is 55.8 Å². The minimum absolute atomic E-state index is 0.108. The number of benzene rings is 4. The zero-order valence-corrected chi connectivity index (χ0v) is 24.4. The number of halogens is 2. The molecule has 0 unspecified atom stereocenters. The molecule has 0 aliphatic heterocycles. The smallest absolute Gasteiger partial charge is 0.297 e. The number of ether oxygens (including phenoxy) is 2. The van der Waals surface area contributed by atoms with Gasteiger partial charge in [-0.15, -0.1) is 0 Å². The SMILES string of the molecule is Cc1ccc(S(=O)(=O)Nc2ccc(F)c(F)c2OC[C@@H](COCc2ccccc2)OS(=O)(=O)c2ccc(C)cc2)cc1. The first-order valence-corrected chi connectivity index (χ1v) is 15.7. The van der Waals surface area contributed by atoms with Gasteiger partial charge in [0.2, 0.25) is 5.82 Å². The average Bonchev–Trinajstić information content (AvgIpc) is 2.95. The summed E-state index contributed by atoms with van der Waals surface area (Å²) >= 11 is 0. The normalized spacial score (nSPS) is 12.6. The number of hydrogen-bond donors (Lipinski definition) is 1. The highest BCUT2D eigenvalue weighted by Crippen LogP contribution is 2.32. The lowest BCUT2D eigenvalue weighted by Gasteiger charge is -2.20. The quantitative estimate of drug-likeness (QED) is 0.190. The first-order valence-electron chi connectivity index (χ1n) is 12.8. The molecular formula is C30H29F2NO7S2.